The summed E-state index contributed by atoms with van der Waals surface area (Å²) in [4.78, 5) is 2.22. The van der Waals surface area contributed by atoms with Gasteiger partial charge in [0.2, 0.25) is 0 Å². The van der Waals surface area contributed by atoms with Crippen LogP contribution in [-0.4, -0.2) is 32.1 Å². The third-order valence-corrected chi connectivity index (χ3v) is 2.48. The summed E-state index contributed by atoms with van der Waals surface area (Å²) in [5.41, 5.74) is 2.69. The molecule has 2 heteroatoms. The number of hydrogen-bond acceptors (Lipinski definition) is 2. The summed E-state index contributed by atoms with van der Waals surface area (Å²) in [5.74, 6) is 0. The van der Waals surface area contributed by atoms with Gasteiger partial charge in [0, 0.05) is 12.6 Å². The lowest BCUT2D eigenvalue weighted by Gasteiger charge is -2.22. The highest BCUT2D eigenvalue weighted by molar-refractivity contribution is 5.24. The Kier molecular flexibility index (Phi) is 4.79. The summed E-state index contributed by atoms with van der Waals surface area (Å²) in [6.45, 7) is 6.32. The maximum Gasteiger partial charge on any atom is 0.0448 e. The number of likely N-dealkylation sites (N-methyl/N-ethyl adjacent to an activating group) is 2. The summed E-state index contributed by atoms with van der Waals surface area (Å²) in [7, 11) is 4.22. The van der Waals surface area contributed by atoms with Crippen LogP contribution in [0.25, 0.3) is 0 Å². The van der Waals surface area contributed by atoms with Crippen LogP contribution in [0, 0.1) is 6.92 Å². The first kappa shape index (κ1) is 12.2. The van der Waals surface area contributed by atoms with Crippen molar-refractivity contribution in [3.05, 3.63) is 35.4 Å². The summed E-state index contributed by atoms with van der Waals surface area (Å²) in [5, 5.41) is 3.51. The molecule has 0 aliphatic rings. The van der Waals surface area contributed by atoms with Crippen molar-refractivity contribution in [3.63, 3.8) is 0 Å². The monoisotopic (exact) mass is 206 g/mol. The van der Waals surface area contributed by atoms with Crippen molar-refractivity contribution < 1.29 is 0 Å². The second-order valence-electron chi connectivity index (χ2n) is 4.28. The number of aryl methyl sites for hydroxylation is 1. The fourth-order valence-corrected chi connectivity index (χ4v) is 1.70. The molecular formula is C13H22N2. The minimum absolute atomic E-state index is 0.436. The van der Waals surface area contributed by atoms with E-state index in [0.29, 0.717) is 6.04 Å². The van der Waals surface area contributed by atoms with E-state index in [2.05, 4.69) is 62.4 Å². The molecule has 0 bridgehead atoms. The highest BCUT2D eigenvalue weighted by atomic mass is 15.1. The largest absolute Gasteiger partial charge is 0.309 e. The van der Waals surface area contributed by atoms with E-state index in [1.807, 2.05) is 0 Å². The molecule has 2 nitrogen and oxygen atoms in total. The van der Waals surface area contributed by atoms with Gasteiger partial charge in [-0.05, 0) is 33.1 Å². The zero-order valence-corrected chi connectivity index (χ0v) is 10.2. The molecule has 0 saturated carbocycles. The van der Waals surface area contributed by atoms with Gasteiger partial charge in [-0.15, -0.1) is 0 Å². The van der Waals surface area contributed by atoms with Gasteiger partial charge in [-0.3, -0.25) is 0 Å². The summed E-state index contributed by atoms with van der Waals surface area (Å²) < 4.78 is 0. The van der Waals surface area contributed by atoms with Crippen molar-refractivity contribution in [2.24, 2.45) is 0 Å². The van der Waals surface area contributed by atoms with Crippen LogP contribution in [0.1, 0.15) is 24.1 Å². The molecule has 1 unspecified atom stereocenters. The minimum atomic E-state index is 0.436. The molecule has 0 saturated heterocycles. The van der Waals surface area contributed by atoms with Crippen molar-refractivity contribution in [1.82, 2.24) is 10.2 Å². The van der Waals surface area contributed by atoms with Gasteiger partial charge in [0.25, 0.3) is 0 Å². The van der Waals surface area contributed by atoms with Gasteiger partial charge in [-0.1, -0.05) is 36.8 Å². The quantitative estimate of drug-likeness (QED) is 0.794. The molecule has 0 aliphatic heterocycles. The highest BCUT2D eigenvalue weighted by Gasteiger charge is 2.10. The average molecular weight is 206 g/mol. The lowest BCUT2D eigenvalue weighted by Crippen LogP contribution is -2.31. The van der Waals surface area contributed by atoms with Crippen molar-refractivity contribution in [1.29, 1.82) is 0 Å². The molecule has 15 heavy (non-hydrogen) atoms. The Bertz CT molecular complexity index is 277. The normalized spacial score (nSPS) is 13.1. The van der Waals surface area contributed by atoms with Crippen LogP contribution in [0.3, 0.4) is 0 Å². The smallest absolute Gasteiger partial charge is 0.0448 e. The lowest BCUT2D eigenvalue weighted by molar-refractivity contribution is 0.345. The first-order valence-electron chi connectivity index (χ1n) is 5.58. The third kappa shape index (κ3) is 4.02. The van der Waals surface area contributed by atoms with Crippen LogP contribution in [-0.2, 0) is 0 Å². The maximum absolute atomic E-state index is 3.51. The summed E-state index contributed by atoms with van der Waals surface area (Å²) in [6.07, 6.45) is 0. The van der Waals surface area contributed by atoms with Gasteiger partial charge in [0.1, 0.15) is 0 Å². The van der Waals surface area contributed by atoms with Crippen LogP contribution in [0.5, 0.6) is 0 Å². The van der Waals surface area contributed by atoms with Crippen molar-refractivity contribution in [2.75, 3.05) is 27.2 Å². The second kappa shape index (κ2) is 5.89. The second-order valence-corrected chi connectivity index (χ2v) is 4.28. The van der Waals surface area contributed by atoms with Gasteiger partial charge >= 0.3 is 0 Å². The van der Waals surface area contributed by atoms with Gasteiger partial charge in [0.15, 0.2) is 0 Å². The van der Waals surface area contributed by atoms with Gasteiger partial charge in [-0.25, -0.2) is 0 Å². The number of benzene rings is 1. The van der Waals surface area contributed by atoms with Gasteiger partial charge in [0.05, 0.1) is 0 Å². The van der Waals surface area contributed by atoms with Crippen LogP contribution in [0.4, 0.5) is 0 Å². The summed E-state index contributed by atoms with van der Waals surface area (Å²) >= 11 is 0. The summed E-state index contributed by atoms with van der Waals surface area (Å²) in [6, 6.07) is 9.22. The zero-order valence-electron chi connectivity index (χ0n) is 10.2. The minimum Gasteiger partial charge on any atom is -0.309 e. The maximum atomic E-state index is 3.51. The molecule has 1 rings (SSSR count). The Balaban J connectivity index is 2.74. The van der Waals surface area contributed by atoms with E-state index < -0.39 is 0 Å². The molecule has 1 aromatic carbocycles. The lowest BCUT2D eigenvalue weighted by atomic mass is 10.0. The van der Waals surface area contributed by atoms with Crippen molar-refractivity contribution in [3.8, 4) is 0 Å². The van der Waals surface area contributed by atoms with E-state index in [9.17, 15) is 0 Å². The molecule has 0 amide bonds. The standard InChI is InChI=1S/C13H22N2/c1-5-14-13(10-15(3)4)12-8-6-11(2)7-9-12/h6-9,13-14H,5,10H2,1-4H3. The molecule has 0 aromatic heterocycles. The molecule has 1 atom stereocenters. The number of nitrogens with zero attached hydrogens (tertiary/aromatic N) is 1. The Labute approximate surface area is 93.3 Å². The first-order chi connectivity index (χ1) is 7.13. The number of hydrogen-bond donors (Lipinski definition) is 1. The Morgan fingerprint density at radius 2 is 1.80 bits per heavy atom. The molecule has 0 radical (unpaired) electrons. The topological polar surface area (TPSA) is 15.3 Å². The fraction of sp³-hybridized carbons (Fsp3) is 0.538. The molecule has 84 valence electrons. The first-order valence-corrected chi connectivity index (χ1v) is 5.58. The van der Waals surface area contributed by atoms with Crippen LogP contribution < -0.4 is 5.32 Å². The third-order valence-electron chi connectivity index (χ3n) is 2.48. The fourth-order valence-electron chi connectivity index (χ4n) is 1.70. The van der Waals surface area contributed by atoms with E-state index in [1.165, 1.54) is 11.1 Å². The van der Waals surface area contributed by atoms with E-state index >= 15 is 0 Å². The molecule has 0 heterocycles. The van der Waals surface area contributed by atoms with Crippen LogP contribution in [0.2, 0.25) is 0 Å². The molecule has 0 fully saturated rings. The predicted octanol–water partition coefficient (Wildman–Crippen LogP) is 2.21. The number of rotatable bonds is 5. The molecular weight excluding hydrogens is 184 g/mol. The van der Waals surface area contributed by atoms with Crippen molar-refractivity contribution in [2.45, 2.75) is 19.9 Å². The Hall–Kier alpha value is -0.860. The van der Waals surface area contributed by atoms with Crippen LogP contribution >= 0.6 is 0 Å². The van der Waals surface area contributed by atoms with Gasteiger partial charge < -0.3 is 10.2 Å². The van der Waals surface area contributed by atoms with Crippen LogP contribution in [0.15, 0.2) is 24.3 Å². The highest BCUT2D eigenvalue weighted by Crippen LogP contribution is 2.14. The predicted molar refractivity (Wildman–Crippen MR) is 66.2 cm³/mol. The van der Waals surface area contributed by atoms with Crippen molar-refractivity contribution >= 4 is 0 Å². The van der Waals surface area contributed by atoms with E-state index in [4.69, 9.17) is 0 Å². The molecule has 0 aliphatic carbocycles. The number of nitrogens with one attached hydrogen (secondary N) is 1. The van der Waals surface area contributed by atoms with E-state index in [-0.39, 0.29) is 0 Å². The van der Waals surface area contributed by atoms with E-state index in [1.54, 1.807) is 0 Å². The Morgan fingerprint density at radius 3 is 2.27 bits per heavy atom. The van der Waals surface area contributed by atoms with Gasteiger partial charge in [-0.2, -0.15) is 0 Å². The SMILES string of the molecule is CCNC(CN(C)C)c1ccc(C)cc1. The van der Waals surface area contributed by atoms with E-state index in [0.717, 1.165) is 13.1 Å². The Morgan fingerprint density at radius 1 is 1.20 bits per heavy atom. The average Bonchev–Trinajstić information content (AvgIpc) is 2.17. The zero-order chi connectivity index (χ0) is 11.3. The molecule has 0 spiro atoms. The molecule has 1 aromatic rings. The molecule has 1 N–H and O–H groups in total.